The number of aldehydes is 1. The number of rotatable bonds is 1. The zero-order chi connectivity index (χ0) is 12.2. The van der Waals surface area contributed by atoms with E-state index >= 15 is 0 Å². The Morgan fingerprint density at radius 3 is 2.88 bits per heavy atom. The largest absolute Gasteiger partial charge is 0.466 e. The van der Waals surface area contributed by atoms with Gasteiger partial charge in [-0.2, -0.15) is 8.78 Å². The van der Waals surface area contributed by atoms with Gasteiger partial charge in [0.05, 0.1) is 11.1 Å². The number of aromatic nitrogens is 2. The number of fused-ring (bicyclic) bond motifs is 3. The molecule has 0 aliphatic carbocycles. The molecule has 1 aromatic heterocycles. The molecule has 2 aromatic rings. The van der Waals surface area contributed by atoms with Crippen LogP contribution in [0.2, 0.25) is 0 Å². The van der Waals surface area contributed by atoms with Crippen LogP contribution in [-0.4, -0.2) is 28.1 Å². The number of imidazole rings is 1. The van der Waals surface area contributed by atoms with Gasteiger partial charge in [-0.3, -0.25) is 9.59 Å². The molecular weight excluding hydrogens is 234 g/mol. The van der Waals surface area contributed by atoms with Crippen molar-refractivity contribution in [1.29, 1.82) is 0 Å². The first-order valence-electron chi connectivity index (χ1n) is 4.62. The van der Waals surface area contributed by atoms with E-state index in [1.807, 2.05) is 0 Å². The third-order valence-corrected chi connectivity index (χ3v) is 2.48. The van der Waals surface area contributed by atoms with Gasteiger partial charge in [0, 0.05) is 0 Å². The second-order valence-corrected chi connectivity index (χ2v) is 3.53. The predicted molar refractivity (Wildman–Crippen MR) is 51.4 cm³/mol. The maximum Gasteiger partial charge on any atom is 0.466 e. The van der Waals surface area contributed by atoms with Crippen LogP contribution in [0.5, 0.6) is 5.75 Å². The number of nitrogens with one attached hydrogen (secondary N) is 1. The van der Waals surface area contributed by atoms with Gasteiger partial charge in [-0.25, -0.2) is 4.98 Å². The number of ether oxygens (including phenoxy) is 1. The standard InChI is InChI=1S/C10H4F2N2O3/c11-10(12)9(16)4-1-2-5-7(8(4)17-10)14-6(3-15)13-5/h1-3H,(H,13,14). The molecule has 1 aliphatic rings. The van der Waals surface area contributed by atoms with Gasteiger partial charge in [0.1, 0.15) is 5.52 Å². The van der Waals surface area contributed by atoms with Crippen LogP contribution < -0.4 is 4.74 Å². The molecule has 86 valence electrons. The van der Waals surface area contributed by atoms with E-state index in [9.17, 15) is 18.4 Å². The molecule has 1 aromatic carbocycles. The molecule has 0 amide bonds. The molecule has 0 spiro atoms. The van der Waals surface area contributed by atoms with Crippen molar-refractivity contribution < 1.29 is 23.1 Å². The third kappa shape index (κ3) is 1.19. The topological polar surface area (TPSA) is 72.0 Å². The van der Waals surface area contributed by atoms with Crippen LogP contribution in [0.15, 0.2) is 12.1 Å². The summed E-state index contributed by atoms with van der Waals surface area (Å²) in [5.74, 6) is -1.70. The Balaban J connectivity index is 2.32. The van der Waals surface area contributed by atoms with Crippen molar-refractivity contribution in [3.63, 3.8) is 0 Å². The van der Waals surface area contributed by atoms with Crippen molar-refractivity contribution in [2.75, 3.05) is 0 Å². The highest BCUT2D eigenvalue weighted by molar-refractivity contribution is 6.09. The summed E-state index contributed by atoms with van der Waals surface area (Å²) in [6, 6.07) is 2.62. The molecule has 0 unspecified atom stereocenters. The number of carbonyl (C=O) groups excluding carboxylic acids is 2. The van der Waals surface area contributed by atoms with Gasteiger partial charge in [-0.1, -0.05) is 0 Å². The van der Waals surface area contributed by atoms with E-state index in [0.29, 0.717) is 11.8 Å². The van der Waals surface area contributed by atoms with Gasteiger partial charge in [0.25, 0.3) is 5.78 Å². The van der Waals surface area contributed by atoms with Crippen LogP contribution in [0.4, 0.5) is 8.78 Å². The summed E-state index contributed by atoms with van der Waals surface area (Å²) in [5, 5.41) is 0. The monoisotopic (exact) mass is 238 g/mol. The highest BCUT2D eigenvalue weighted by atomic mass is 19.3. The number of hydrogen-bond acceptors (Lipinski definition) is 4. The zero-order valence-electron chi connectivity index (χ0n) is 8.16. The number of H-pyrrole nitrogens is 1. The maximum absolute atomic E-state index is 13.1. The van der Waals surface area contributed by atoms with E-state index < -0.39 is 11.9 Å². The third-order valence-electron chi connectivity index (χ3n) is 2.48. The maximum atomic E-state index is 13.1. The van der Waals surface area contributed by atoms with Crippen molar-refractivity contribution in [2.24, 2.45) is 0 Å². The van der Waals surface area contributed by atoms with E-state index in [4.69, 9.17) is 0 Å². The van der Waals surface area contributed by atoms with Crippen molar-refractivity contribution in [2.45, 2.75) is 6.11 Å². The lowest BCUT2D eigenvalue weighted by Gasteiger charge is -2.05. The molecule has 0 saturated heterocycles. The Hall–Kier alpha value is -2.31. The van der Waals surface area contributed by atoms with Gasteiger partial charge in [0.15, 0.2) is 17.9 Å². The summed E-state index contributed by atoms with van der Waals surface area (Å²) >= 11 is 0. The van der Waals surface area contributed by atoms with E-state index in [-0.39, 0.29) is 22.7 Å². The van der Waals surface area contributed by atoms with Gasteiger partial charge in [-0.15, -0.1) is 0 Å². The average Bonchev–Trinajstić information content (AvgIpc) is 2.79. The minimum absolute atomic E-state index is 0.0142. The van der Waals surface area contributed by atoms with Gasteiger partial charge >= 0.3 is 6.11 Å². The quantitative estimate of drug-likeness (QED) is 0.765. The second kappa shape index (κ2) is 2.88. The number of benzene rings is 1. The van der Waals surface area contributed by atoms with Gasteiger partial charge in [0.2, 0.25) is 0 Å². The fourth-order valence-electron chi connectivity index (χ4n) is 1.74. The molecule has 0 radical (unpaired) electrons. The number of carbonyl (C=O) groups is 2. The van der Waals surface area contributed by atoms with Gasteiger partial charge in [-0.05, 0) is 12.1 Å². The first-order chi connectivity index (χ1) is 8.03. The molecule has 0 bridgehead atoms. The van der Waals surface area contributed by atoms with Crippen LogP contribution in [0, 0.1) is 0 Å². The fourth-order valence-corrected chi connectivity index (χ4v) is 1.74. The number of hydrogen-bond donors (Lipinski definition) is 1. The minimum Gasteiger partial charge on any atom is -0.423 e. The summed E-state index contributed by atoms with van der Waals surface area (Å²) in [7, 11) is 0. The fraction of sp³-hybridized carbons (Fsp3) is 0.100. The number of ketones is 1. The van der Waals surface area contributed by atoms with E-state index in [1.165, 1.54) is 12.1 Å². The molecule has 0 fully saturated rings. The Kier molecular flexibility index (Phi) is 1.67. The lowest BCUT2D eigenvalue weighted by atomic mass is 10.1. The molecule has 3 rings (SSSR count). The number of alkyl halides is 2. The van der Waals surface area contributed by atoms with Crippen LogP contribution in [0.3, 0.4) is 0 Å². The van der Waals surface area contributed by atoms with Crippen LogP contribution in [0.25, 0.3) is 11.0 Å². The summed E-state index contributed by atoms with van der Waals surface area (Å²) in [4.78, 5) is 28.1. The summed E-state index contributed by atoms with van der Waals surface area (Å²) < 4.78 is 30.4. The molecule has 1 N–H and O–H groups in total. The molecule has 2 heterocycles. The number of Topliss-reactive ketones (excluding diaryl/α,β-unsaturated/α-hetero) is 1. The highest BCUT2D eigenvalue weighted by Gasteiger charge is 2.51. The molecule has 1 aliphatic heterocycles. The zero-order valence-corrected chi connectivity index (χ0v) is 8.16. The van der Waals surface area contributed by atoms with E-state index in [1.54, 1.807) is 0 Å². The van der Waals surface area contributed by atoms with E-state index in [2.05, 4.69) is 14.7 Å². The van der Waals surface area contributed by atoms with Crippen LogP contribution in [-0.2, 0) is 0 Å². The lowest BCUT2D eigenvalue weighted by Crippen LogP contribution is -2.28. The molecular formula is C10H4F2N2O3. The SMILES string of the molecule is O=Cc1nc2c3c(ccc2[nH]1)C(=O)C(F)(F)O3. The summed E-state index contributed by atoms with van der Waals surface area (Å²) in [6.07, 6.45) is -3.42. The lowest BCUT2D eigenvalue weighted by molar-refractivity contribution is -0.123. The molecule has 7 heteroatoms. The van der Waals surface area contributed by atoms with Crippen LogP contribution >= 0.6 is 0 Å². The van der Waals surface area contributed by atoms with Crippen molar-refractivity contribution >= 4 is 23.1 Å². The first kappa shape index (κ1) is 9.88. The molecule has 17 heavy (non-hydrogen) atoms. The minimum atomic E-state index is -3.86. The first-order valence-corrected chi connectivity index (χ1v) is 4.62. The Morgan fingerprint density at radius 1 is 1.41 bits per heavy atom. The highest BCUT2D eigenvalue weighted by Crippen LogP contribution is 2.40. The Morgan fingerprint density at radius 2 is 2.18 bits per heavy atom. The second-order valence-electron chi connectivity index (χ2n) is 3.53. The molecule has 0 atom stereocenters. The van der Waals surface area contributed by atoms with Crippen molar-refractivity contribution in [1.82, 2.24) is 9.97 Å². The van der Waals surface area contributed by atoms with Crippen molar-refractivity contribution in [3.8, 4) is 5.75 Å². The number of aromatic amines is 1. The van der Waals surface area contributed by atoms with Crippen LogP contribution in [0.1, 0.15) is 21.0 Å². The number of halogens is 2. The summed E-state index contributed by atoms with van der Waals surface area (Å²) in [6.45, 7) is 0. The van der Waals surface area contributed by atoms with Gasteiger partial charge < -0.3 is 9.72 Å². The molecule has 0 saturated carbocycles. The normalized spacial score (nSPS) is 16.9. The Labute approximate surface area is 92.4 Å². The predicted octanol–water partition coefficient (Wildman–Crippen LogP) is 1.54. The smallest absolute Gasteiger partial charge is 0.423 e. The Bertz CT molecular complexity index is 663. The summed E-state index contributed by atoms with van der Waals surface area (Å²) in [5.41, 5.74) is 0.179. The average molecular weight is 238 g/mol. The molecule has 5 nitrogen and oxygen atoms in total. The number of nitrogens with zero attached hydrogens (tertiary/aromatic N) is 1. The van der Waals surface area contributed by atoms with E-state index in [0.717, 1.165) is 0 Å². The van der Waals surface area contributed by atoms with Crippen molar-refractivity contribution in [3.05, 3.63) is 23.5 Å².